The first-order chi connectivity index (χ1) is 15.2. The maximum atomic E-state index is 12.0. The number of furan rings is 1. The molecule has 3 N–H and O–H groups in total. The zero-order chi connectivity index (χ0) is 21.9. The highest BCUT2D eigenvalue weighted by atomic mass is 16.5. The average molecular weight is 421 g/mol. The second-order valence-corrected chi connectivity index (χ2v) is 6.72. The summed E-state index contributed by atoms with van der Waals surface area (Å²) in [5.74, 6) is 1.60. The first-order valence-electron chi connectivity index (χ1n) is 10.4. The topological polar surface area (TPSA) is 87.9 Å². The summed E-state index contributed by atoms with van der Waals surface area (Å²) < 4.78 is 10.8. The molecule has 0 radical (unpaired) electrons. The van der Waals surface area contributed by atoms with E-state index in [0.29, 0.717) is 25.4 Å². The van der Waals surface area contributed by atoms with Gasteiger partial charge in [0.1, 0.15) is 5.75 Å². The Morgan fingerprint density at radius 2 is 1.81 bits per heavy atom. The molecule has 3 rings (SSSR count). The van der Waals surface area contributed by atoms with Crippen molar-refractivity contribution in [2.45, 2.75) is 26.9 Å². The zero-order valence-corrected chi connectivity index (χ0v) is 17.9. The smallest absolute Gasteiger partial charge is 0.291 e. The van der Waals surface area contributed by atoms with Crippen LogP contribution in [0, 0.1) is 0 Å². The number of aliphatic imine (C=N–C) groups is 1. The number of anilines is 1. The van der Waals surface area contributed by atoms with E-state index in [-0.39, 0.29) is 11.7 Å². The summed E-state index contributed by atoms with van der Waals surface area (Å²) in [6.07, 6.45) is 1.47. The molecule has 3 aromatic rings. The van der Waals surface area contributed by atoms with Crippen molar-refractivity contribution in [2.24, 2.45) is 4.99 Å². The SMILES string of the molecule is CCNC(=NCc1ccc(NC(=O)c2ccco2)cc1)NCc1ccccc1OCC. The summed E-state index contributed by atoms with van der Waals surface area (Å²) in [5.41, 5.74) is 2.81. The van der Waals surface area contributed by atoms with Gasteiger partial charge in [0.2, 0.25) is 0 Å². The van der Waals surface area contributed by atoms with E-state index in [1.807, 2.05) is 62.4 Å². The van der Waals surface area contributed by atoms with Crippen LogP contribution in [0.4, 0.5) is 5.69 Å². The van der Waals surface area contributed by atoms with Gasteiger partial charge in [0.05, 0.1) is 19.4 Å². The molecule has 0 unspecified atom stereocenters. The lowest BCUT2D eigenvalue weighted by molar-refractivity contribution is 0.0996. The van der Waals surface area contributed by atoms with Crippen LogP contribution in [0.1, 0.15) is 35.5 Å². The Hall–Kier alpha value is -3.74. The number of rotatable bonds is 9. The third kappa shape index (κ3) is 6.64. The molecule has 2 aromatic carbocycles. The highest BCUT2D eigenvalue weighted by Crippen LogP contribution is 2.17. The predicted molar refractivity (Wildman–Crippen MR) is 122 cm³/mol. The standard InChI is InChI=1S/C24H28N4O3/c1-3-25-24(27-17-19-8-5-6-9-21(19)30-4-2)26-16-18-11-13-20(14-12-18)28-23(29)22-10-7-15-31-22/h5-15H,3-4,16-17H2,1-2H3,(H,28,29)(H2,25,26,27). The zero-order valence-electron chi connectivity index (χ0n) is 17.9. The Kier molecular flexibility index (Phi) is 8.11. The lowest BCUT2D eigenvalue weighted by atomic mass is 10.2. The van der Waals surface area contributed by atoms with Gasteiger partial charge in [0.15, 0.2) is 11.7 Å². The summed E-state index contributed by atoms with van der Waals surface area (Å²) in [5, 5.41) is 9.41. The number of hydrogen-bond donors (Lipinski definition) is 3. The maximum absolute atomic E-state index is 12.0. The minimum Gasteiger partial charge on any atom is -0.494 e. The van der Waals surface area contributed by atoms with Crippen LogP contribution in [0.25, 0.3) is 0 Å². The molecule has 0 aliphatic carbocycles. The summed E-state index contributed by atoms with van der Waals surface area (Å²) in [6.45, 7) is 6.51. The lowest BCUT2D eigenvalue weighted by Crippen LogP contribution is -2.36. The van der Waals surface area contributed by atoms with Crippen molar-refractivity contribution < 1.29 is 13.9 Å². The fourth-order valence-electron chi connectivity index (χ4n) is 2.93. The molecule has 0 saturated carbocycles. The molecule has 0 spiro atoms. The molecule has 0 aliphatic rings. The molecule has 7 heteroatoms. The predicted octanol–water partition coefficient (Wildman–Crippen LogP) is 4.19. The van der Waals surface area contributed by atoms with Crippen LogP contribution < -0.4 is 20.7 Å². The molecule has 1 amide bonds. The number of guanidine groups is 1. The van der Waals surface area contributed by atoms with E-state index in [2.05, 4.69) is 20.9 Å². The molecule has 0 aliphatic heterocycles. The molecule has 0 atom stereocenters. The van der Waals surface area contributed by atoms with Gasteiger partial charge in [-0.15, -0.1) is 0 Å². The van der Waals surface area contributed by atoms with Crippen molar-refractivity contribution in [3.63, 3.8) is 0 Å². The molecule has 0 bridgehead atoms. The van der Waals surface area contributed by atoms with Crippen LogP contribution in [-0.4, -0.2) is 25.0 Å². The number of hydrogen-bond acceptors (Lipinski definition) is 4. The Morgan fingerprint density at radius 1 is 1.00 bits per heavy atom. The van der Waals surface area contributed by atoms with Crippen LogP contribution in [0.5, 0.6) is 5.75 Å². The van der Waals surface area contributed by atoms with Crippen molar-refractivity contribution in [1.29, 1.82) is 0 Å². The van der Waals surface area contributed by atoms with Gasteiger partial charge >= 0.3 is 0 Å². The van der Waals surface area contributed by atoms with E-state index in [4.69, 9.17) is 9.15 Å². The minimum atomic E-state index is -0.276. The second-order valence-electron chi connectivity index (χ2n) is 6.72. The fraction of sp³-hybridized carbons (Fsp3) is 0.250. The monoisotopic (exact) mass is 420 g/mol. The van der Waals surface area contributed by atoms with Gasteiger partial charge in [-0.1, -0.05) is 30.3 Å². The second kappa shape index (κ2) is 11.4. The normalized spacial score (nSPS) is 11.1. The number of carbonyl (C=O) groups excluding carboxylic acids is 1. The lowest BCUT2D eigenvalue weighted by Gasteiger charge is -2.14. The van der Waals surface area contributed by atoms with Crippen molar-refractivity contribution in [2.75, 3.05) is 18.5 Å². The van der Waals surface area contributed by atoms with Crippen molar-refractivity contribution >= 4 is 17.6 Å². The molecule has 7 nitrogen and oxygen atoms in total. The summed E-state index contributed by atoms with van der Waals surface area (Å²) >= 11 is 0. The fourth-order valence-corrected chi connectivity index (χ4v) is 2.93. The average Bonchev–Trinajstić information content (AvgIpc) is 3.33. The van der Waals surface area contributed by atoms with E-state index < -0.39 is 0 Å². The summed E-state index contributed by atoms with van der Waals surface area (Å²) in [7, 11) is 0. The van der Waals surface area contributed by atoms with E-state index in [9.17, 15) is 4.79 Å². The van der Waals surface area contributed by atoms with Crippen LogP contribution in [0.3, 0.4) is 0 Å². The maximum Gasteiger partial charge on any atom is 0.291 e. The van der Waals surface area contributed by atoms with Crippen LogP contribution in [-0.2, 0) is 13.1 Å². The van der Waals surface area contributed by atoms with Gasteiger partial charge in [-0.3, -0.25) is 4.79 Å². The van der Waals surface area contributed by atoms with Gasteiger partial charge < -0.3 is 25.1 Å². The van der Waals surface area contributed by atoms with Crippen molar-refractivity contribution in [3.8, 4) is 5.75 Å². The third-order valence-electron chi connectivity index (χ3n) is 4.44. The minimum absolute atomic E-state index is 0.276. The number of benzene rings is 2. The first-order valence-corrected chi connectivity index (χ1v) is 10.4. The third-order valence-corrected chi connectivity index (χ3v) is 4.44. The Bertz CT molecular complexity index is 982. The number of nitrogens with one attached hydrogen (secondary N) is 3. The molecular weight excluding hydrogens is 392 g/mol. The molecule has 162 valence electrons. The van der Waals surface area contributed by atoms with Crippen LogP contribution in [0.2, 0.25) is 0 Å². The Balaban J connectivity index is 1.58. The highest BCUT2D eigenvalue weighted by molar-refractivity contribution is 6.02. The van der Waals surface area contributed by atoms with Gasteiger partial charge in [0.25, 0.3) is 5.91 Å². The van der Waals surface area contributed by atoms with Gasteiger partial charge in [0, 0.05) is 24.3 Å². The molecular formula is C24H28N4O3. The van der Waals surface area contributed by atoms with Gasteiger partial charge in [-0.25, -0.2) is 4.99 Å². The van der Waals surface area contributed by atoms with Gasteiger partial charge in [-0.05, 0) is 49.7 Å². The van der Waals surface area contributed by atoms with E-state index in [1.165, 1.54) is 6.26 Å². The van der Waals surface area contributed by atoms with E-state index in [0.717, 1.165) is 29.4 Å². The molecule has 0 fully saturated rings. The number of amides is 1. The van der Waals surface area contributed by atoms with Gasteiger partial charge in [-0.2, -0.15) is 0 Å². The van der Waals surface area contributed by atoms with Crippen molar-refractivity contribution in [3.05, 3.63) is 83.8 Å². The summed E-state index contributed by atoms with van der Waals surface area (Å²) in [6, 6.07) is 18.9. The highest BCUT2D eigenvalue weighted by Gasteiger charge is 2.08. The molecule has 0 saturated heterocycles. The number of para-hydroxylation sites is 1. The number of nitrogens with zero attached hydrogens (tertiary/aromatic N) is 1. The Morgan fingerprint density at radius 3 is 2.52 bits per heavy atom. The van der Waals surface area contributed by atoms with E-state index >= 15 is 0 Å². The van der Waals surface area contributed by atoms with Crippen LogP contribution >= 0.6 is 0 Å². The van der Waals surface area contributed by atoms with E-state index in [1.54, 1.807) is 12.1 Å². The van der Waals surface area contributed by atoms with Crippen molar-refractivity contribution in [1.82, 2.24) is 10.6 Å². The number of ether oxygens (including phenoxy) is 1. The molecule has 1 heterocycles. The molecule has 1 aromatic heterocycles. The molecule has 31 heavy (non-hydrogen) atoms. The first kappa shape index (κ1) is 22.0. The quantitative estimate of drug-likeness (QED) is 0.357. The largest absolute Gasteiger partial charge is 0.494 e. The Labute approximate surface area is 182 Å². The number of carbonyl (C=O) groups is 1. The van der Waals surface area contributed by atoms with Crippen LogP contribution in [0.15, 0.2) is 76.3 Å². The summed E-state index contributed by atoms with van der Waals surface area (Å²) in [4.78, 5) is 16.7.